The van der Waals surface area contributed by atoms with Gasteiger partial charge in [-0.3, -0.25) is 4.90 Å². The number of alkyl halides is 4. The number of hydrogen-bond acceptors (Lipinski definition) is 4. The SMILES string of the molecule is FC1CCN(C2COc3ccccc3C2Nc2ccnc3[nH]c(C(F)(F)F)cc23)C1. The number of benzene rings is 1. The normalized spacial score (nSPS) is 24.6. The van der Waals surface area contributed by atoms with Gasteiger partial charge in [0.25, 0.3) is 0 Å². The number of nitrogens with one attached hydrogen (secondary N) is 2. The summed E-state index contributed by atoms with van der Waals surface area (Å²) in [7, 11) is 0. The van der Waals surface area contributed by atoms with Crippen molar-refractivity contribution in [1.82, 2.24) is 14.9 Å². The highest BCUT2D eigenvalue weighted by molar-refractivity contribution is 5.90. The molecule has 0 saturated carbocycles. The second kappa shape index (κ2) is 7.16. The summed E-state index contributed by atoms with van der Waals surface area (Å²) in [5.41, 5.74) is 0.749. The number of para-hydroxylation sites is 1. The van der Waals surface area contributed by atoms with E-state index in [1.54, 1.807) is 6.07 Å². The molecule has 2 aliphatic heterocycles. The smallest absolute Gasteiger partial charge is 0.431 e. The first-order valence-corrected chi connectivity index (χ1v) is 9.81. The fourth-order valence-electron chi connectivity index (χ4n) is 4.35. The Bertz CT molecular complexity index is 1070. The maximum Gasteiger partial charge on any atom is 0.431 e. The first kappa shape index (κ1) is 19.2. The predicted octanol–water partition coefficient (Wildman–Crippen LogP) is 4.54. The van der Waals surface area contributed by atoms with Crippen LogP contribution < -0.4 is 10.1 Å². The van der Waals surface area contributed by atoms with E-state index >= 15 is 0 Å². The minimum absolute atomic E-state index is 0.148. The predicted molar refractivity (Wildman–Crippen MR) is 104 cm³/mol. The lowest BCUT2D eigenvalue weighted by Gasteiger charge is -2.39. The van der Waals surface area contributed by atoms with Gasteiger partial charge < -0.3 is 15.0 Å². The average molecular weight is 420 g/mol. The Hall–Kier alpha value is -2.81. The molecule has 3 unspecified atom stereocenters. The Morgan fingerprint density at radius 2 is 2.03 bits per heavy atom. The lowest BCUT2D eigenvalue weighted by Crippen LogP contribution is -2.47. The Balaban J connectivity index is 1.54. The molecule has 0 radical (unpaired) electrons. The molecule has 158 valence electrons. The van der Waals surface area contributed by atoms with Crippen molar-refractivity contribution in [3.05, 3.63) is 53.9 Å². The maximum atomic E-state index is 13.9. The van der Waals surface area contributed by atoms with Gasteiger partial charge >= 0.3 is 6.18 Å². The minimum atomic E-state index is -4.49. The molecule has 1 aromatic carbocycles. The van der Waals surface area contributed by atoms with Crippen molar-refractivity contribution in [2.24, 2.45) is 0 Å². The third kappa shape index (κ3) is 3.36. The summed E-state index contributed by atoms with van der Waals surface area (Å²) in [5.74, 6) is 0.720. The number of fused-ring (bicyclic) bond motifs is 2. The number of pyridine rings is 1. The number of aromatic amines is 1. The fraction of sp³-hybridized carbons (Fsp3) is 0.381. The van der Waals surface area contributed by atoms with Gasteiger partial charge in [-0.05, 0) is 24.6 Å². The molecule has 0 spiro atoms. The molecule has 0 aliphatic carbocycles. The van der Waals surface area contributed by atoms with Crippen LogP contribution in [-0.4, -0.2) is 46.8 Å². The molecule has 1 saturated heterocycles. The van der Waals surface area contributed by atoms with Crippen LogP contribution >= 0.6 is 0 Å². The van der Waals surface area contributed by atoms with E-state index in [0.29, 0.717) is 37.2 Å². The molecule has 5 rings (SSSR count). The van der Waals surface area contributed by atoms with E-state index in [0.717, 1.165) is 17.4 Å². The number of anilines is 1. The van der Waals surface area contributed by atoms with Crippen molar-refractivity contribution in [2.45, 2.75) is 30.9 Å². The van der Waals surface area contributed by atoms with E-state index in [1.165, 1.54) is 6.20 Å². The van der Waals surface area contributed by atoms with Crippen LogP contribution in [0.3, 0.4) is 0 Å². The molecule has 2 N–H and O–H groups in total. The van der Waals surface area contributed by atoms with Crippen molar-refractivity contribution in [3.8, 4) is 5.75 Å². The molecule has 5 nitrogen and oxygen atoms in total. The monoisotopic (exact) mass is 420 g/mol. The van der Waals surface area contributed by atoms with Crippen LogP contribution in [0.4, 0.5) is 23.2 Å². The molecular formula is C21H20F4N4O. The number of ether oxygens (including phenoxy) is 1. The largest absolute Gasteiger partial charge is 0.491 e. The first-order valence-electron chi connectivity index (χ1n) is 9.81. The second-order valence-corrected chi connectivity index (χ2v) is 7.72. The van der Waals surface area contributed by atoms with Crippen LogP contribution in [0.2, 0.25) is 0 Å². The van der Waals surface area contributed by atoms with Gasteiger partial charge in [-0.2, -0.15) is 13.2 Å². The number of aromatic nitrogens is 2. The molecule has 4 heterocycles. The van der Waals surface area contributed by atoms with Crippen molar-refractivity contribution in [2.75, 3.05) is 25.0 Å². The summed E-state index contributed by atoms with van der Waals surface area (Å²) >= 11 is 0. The number of nitrogens with zero attached hydrogens (tertiary/aromatic N) is 2. The number of hydrogen-bond donors (Lipinski definition) is 2. The summed E-state index contributed by atoms with van der Waals surface area (Å²) in [6, 6.07) is 9.87. The van der Waals surface area contributed by atoms with Gasteiger partial charge in [0.05, 0.1) is 12.1 Å². The lowest BCUT2D eigenvalue weighted by molar-refractivity contribution is -0.140. The zero-order chi connectivity index (χ0) is 20.9. The third-order valence-electron chi connectivity index (χ3n) is 5.83. The van der Waals surface area contributed by atoms with E-state index in [2.05, 4.69) is 20.2 Å². The van der Waals surface area contributed by atoms with E-state index in [9.17, 15) is 17.6 Å². The van der Waals surface area contributed by atoms with Crippen LogP contribution in [-0.2, 0) is 6.18 Å². The highest BCUT2D eigenvalue weighted by Gasteiger charge is 2.39. The van der Waals surface area contributed by atoms with E-state index in [-0.39, 0.29) is 17.7 Å². The Morgan fingerprint density at radius 1 is 1.20 bits per heavy atom. The number of likely N-dealkylation sites (tertiary alicyclic amines) is 1. The van der Waals surface area contributed by atoms with Crippen LogP contribution in [0.25, 0.3) is 11.0 Å². The molecule has 0 amide bonds. The summed E-state index contributed by atoms with van der Waals surface area (Å²) in [4.78, 5) is 8.43. The van der Waals surface area contributed by atoms with Crippen LogP contribution in [0, 0.1) is 0 Å². The summed E-state index contributed by atoms with van der Waals surface area (Å²) in [6.07, 6.45) is -3.43. The van der Waals surface area contributed by atoms with Crippen molar-refractivity contribution >= 4 is 16.7 Å². The standard InChI is InChI=1S/C21H20F4N4O/c22-12-6-8-29(10-12)16-11-30-17-4-2-1-3-13(17)19(16)27-15-5-7-26-20-14(15)9-18(28-20)21(23,24)25/h1-5,7,9,12,16,19H,6,8,10-11H2,(H2,26,27,28). The molecule has 2 aliphatic rings. The highest BCUT2D eigenvalue weighted by Crippen LogP contribution is 2.39. The fourth-order valence-corrected chi connectivity index (χ4v) is 4.35. The maximum absolute atomic E-state index is 13.9. The molecule has 9 heteroatoms. The molecular weight excluding hydrogens is 400 g/mol. The summed E-state index contributed by atoms with van der Waals surface area (Å²) in [5, 5.41) is 3.77. The summed E-state index contributed by atoms with van der Waals surface area (Å²) < 4.78 is 59.3. The molecule has 2 aromatic heterocycles. The van der Waals surface area contributed by atoms with Gasteiger partial charge in [-0.25, -0.2) is 9.37 Å². The summed E-state index contributed by atoms with van der Waals surface area (Å²) in [6.45, 7) is 1.31. The van der Waals surface area contributed by atoms with Gasteiger partial charge in [0.2, 0.25) is 0 Å². The van der Waals surface area contributed by atoms with E-state index < -0.39 is 18.0 Å². The number of H-pyrrole nitrogens is 1. The topological polar surface area (TPSA) is 53.2 Å². The number of rotatable bonds is 3. The van der Waals surface area contributed by atoms with Gasteiger partial charge in [0.15, 0.2) is 0 Å². The van der Waals surface area contributed by atoms with Crippen molar-refractivity contribution < 1.29 is 22.3 Å². The Labute approximate surface area is 170 Å². The van der Waals surface area contributed by atoms with Gasteiger partial charge in [0, 0.05) is 35.9 Å². The molecule has 1 fully saturated rings. The Morgan fingerprint density at radius 3 is 2.80 bits per heavy atom. The average Bonchev–Trinajstić information content (AvgIpc) is 3.35. The van der Waals surface area contributed by atoms with E-state index in [1.807, 2.05) is 24.3 Å². The molecule has 3 atom stereocenters. The van der Waals surface area contributed by atoms with Crippen LogP contribution in [0.15, 0.2) is 42.6 Å². The van der Waals surface area contributed by atoms with Gasteiger partial charge in [-0.1, -0.05) is 18.2 Å². The van der Waals surface area contributed by atoms with Crippen molar-refractivity contribution in [3.63, 3.8) is 0 Å². The molecule has 0 bridgehead atoms. The highest BCUT2D eigenvalue weighted by atomic mass is 19.4. The molecule has 30 heavy (non-hydrogen) atoms. The van der Waals surface area contributed by atoms with Crippen LogP contribution in [0.5, 0.6) is 5.75 Å². The minimum Gasteiger partial charge on any atom is -0.491 e. The molecule has 3 aromatic rings. The second-order valence-electron chi connectivity index (χ2n) is 7.72. The van der Waals surface area contributed by atoms with Gasteiger partial charge in [-0.15, -0.1) is 0 Å². The third-order valence-corrected chi connectivity index (χ3v) is 5.83. The van der Waals surface area contributed by atoms with E-state index in [4.69, 9.17) is 4.74 Å². The lowest BCUT2D eigenvalue weighted by atomic mass is 9.94. The Kier molecular flexibility index (Phi) is 4.57. The van der Waals surface area contributed by atoms with Crippen molar-refractivity contribution in [1.29, 1.82) is 0 Å². The zero-order valence-corrected chi connectivity index (χ0v) is 15.9. The van der Waals surface area contributed by atoms with Crippen LogP contribution in [0.1, 0.15) is 23.7 Å². The zero-order valence-electron chi connectivity index (χ0n) is 15.9. The first-order chi connectivity index (χ1) is 14.4. The van der Waals surface area contributed by atoms with Gasteiger partial charge in [0.1, 0.15) is 29.9 Å². The number of halogens is 4. The quantitative estimate of drug-likeness (QED) is 0.611.